The number of rotatable bonds is 4. The van der Waals surface area contributed by atoms with Crippen molar-refractivity contribution in [3.05, 3.63) is 17.5 Å². The normalized spacial score (nSPS) is 16.8. The van der Waals surface area contributed by atoms with E-state index in [1.54, 1.807) is 6.07 Å². The van der Waals surface area contributed by atoms with Gasteiger partial charge in [0.2, 0.25) is 0 Å². The Morgan fingerprint density at radius 3 is 2.50 bits per heavy atom. The van der Waals surface area contributed by atoms with Gasteiger partial charge >= 0.3 is 5.97 Å². The van der Waals surface area contributed by atoms with Crippen LogP contribution in [0.25, 0.3) is 0 Å². The highest BCUT2D eigenvalue weighted by Gasteiger charge is 2.33. The number of amides is 1. The van der Waals surface area contributed by atoms with Crippen LogP contribution >= 0.6 is 0 Å². The van der Waals surface area contributed by atoms with Gasteiger partial charge in [-0.2, -0.15) is 5.10 Å². The summed E-state index contributed by atoms with van der Waals surface area (Å²) in [6.07, 6.45) is 1.29. The highest BCUT2D eigenvalue weighted by atomic mass is 16.5. The lowest BCUT2D eigenvalue weighted by Crippen LogP contribution is -2.31. The molecule has 1 heterocycles. The lowest BCUT2D eigenvalue weighted by Gasteiger charge is -2.22. The Bertz CT molecular complexity index is 538. The van der Waals surface area contributed by atoms with E-state index >= 15 is 0 Å². The van der Waals surface area contributed by atoms with Crippen LogP contribution in [0.5, 0.6) is 0 Å². The first kappa shape index (κ1) is 14.6. The van der Waals surface area contributed by atoms with Crippen molar-refractivity contribution < 1.29 is 14.3 Å². The summed E-state index contributed by atoms with van der Waals surface area (Å²) >= 11 is 0. The molecule has 0 radical (unpaired) electrons. The van der Waals surface area contributed by atoms with E-state index in [1.807, 2.05) is 25.5 Å². The van der Waals surface area contributed by atoms with Crippen molar-refractivity contribution in [3.63, 3.8) is 0 Å². The van der Waals surface area contributed by atoms with Gasteiger partial charge in [0.05, 0.1) is 5.54 Å². The van der Waals surface area contributed by atoms with Crippen molar-refractivity contribution in [2.75, 3.05) is 0 Å². The molecule has 1 saturated carbocycles. The topological polar surface area (TPSA) is 87.2 Å². The summed E-state index contributed by atoms with van der Waals surface area (Å²) in [4.78, 5) is 22.9. The molecule has 1 amide bonds. The molecule has 1 fully saturated rings. The van der Waals surface area contributed by atoms with Gasteiger partial charge in [-0.1, -0.05) is 0 Å². The lowest BCUT2D eigenvalue weighted by atomic mass is 10.1. The SMILES string of the molecule is C[C@H](OC(=O)c1cc(C2CC2)n(C(C)(C)C)n1)C(N)=O. The average molecular weight is 279 g/mol. The number of esters is 1. The number of primary amides is 1. The number of nitrogens with two attached hydrogens (primary N) is 1. The summed E-state index contributed by atoms with van der Waals surface area (Å²) in [6, 6.07) is 1.76. The number of nitrogens with zero attached hydrogens (tertiary/aromatic N) is 2. The highest BCUT2D eigenvalue weighted by molar-refractivity contribution is 5.90. The third-order valence-electron chi connectivity index (χ3n) is 3.26. The quantitative estimate of drug-likeness (QED) is 0.847. The van der Waals surface area contributed by atoms with E-state index in [2.05, 4.69) is 5.10 Å². The molecule has 2 N–H and O–H groups in total. The fourth-order valence-electron chi connectivity index (χ4n) is 1.98. The van der Waals surface area contributed by atoms with E-state index in [-0.39, 0.29) is 11.2 Å². The number of carbonyl (C=O) groups is 2. The Balaban J connectivity index is 2.25. The summed E-state index contributed by atoms with van der Waals surface area (Å²) in [5, 5.41) is 4.35. The zero-order valence-electron chi connectivity index (χ0n) is 12.3. The fourth-order valence-corrected chi connectivity index (χ4v) is 1.98. The van der Waals surface area contributed by atoms with Gasteiger partial charge in [0.15, 0.2) is 11.8 Å². The third-order valence-corrected chi connectivity index (χ3v) is 3.26. The predicted molar refractivity (Wildman–Crippen MR) is 73.3 cm³/mol. The van der Waals surface area contributed by atoms with Crippen molar-refractivity contribution in [2.45, 2.75) is 58.1 Å². The predicted octanol–water partition coefficient (Wildman–Crippen LogP) is 1.55. The van der Waals surface area contributed by atoms with Crippen molar-refractivity contribution in [2.24, 2.45) is 5.73 Å². The van der Waals surface area contributed by atoms with Gasteiger partial charge in [-0.3, -0.25) is 9.48 Å². The Morgan fingerprint density at radius 1 is 1.45 bits per heavy atom. The van der Waals surface area contributed by atoms with E-state index in [4.69, 9.17) is 10.5 Å². The molecule has 110 valence electrons. The van der Waals surface area contributed by atoms with Crippen LogP contribution < -0.4 is 5.73 Å². The maximum absolute atomic E-state index is 12.0. The second-order valence-electron chi connectivity index (χ2n) is 6.26. The first-order valence-corrected chi connectivity index (χ1v) is 6.81. The Hall–Kier alpha value is -1.85. The molecule has 2 rings (SSSR count). The van der Waals surface area contributed by atoms with Crippen molar-refractivity contribution >= 4 is 11.9 Å². The smallest absolute Gasteiger partial charge is 0.359 e. The number of ether oxygens (including phenoxy) is 1. The van der Waals surface area contributed by atoms with E-state index in [0.717, 1.165) is 18.5 Å². The lowest BCUT2D eigenvalue weighted by molar-refractivity contribution is -0.125. The fraction of sp³-hybridized carbons (Fsp3) is 0.643. The van der Waals surface area contributed by atoms with Crippen LogP contribution in [0.1, 0.15) is 62.6 Å². The molecule has 1 atom stereocenters. The summed E-state index contributed by atoms with van der Waals surface area (Å²) in [5.74, 6) is -0.811. The second-order valence-corrected chi connectivity index (χ2v) is 6.26. The van der Waals surface area contributed by atoms with Gasteiger partial charge in [-0.15, -0.1) is 0 Å². The molecular weight excluding hydrogens is 258 g/mol. The first-order chi connectivity index (χ1) is 9.20. The molecule has 1 aromatic heterocycles. The molecule has 6 nitrogen and oxygen atoms in total. The van der Waals surface area contributed by atoms with Crippen molar-refractivity contribution in [3.8, 4) is 0 Å². The van der Waals surface area contributed by atoms with E-state index in [9.17, 15) is 9.59 Å². The zero-order chi connectivity index (χ0) is 15.1. The number of carbonyl (C=O) groups excluding carboxylic acids is 2. The Labute approximate surface area is 118 Å². The Morgan fingerprint density at radius 2 is 2.05 bits per heavy atom. The van der Waals surface area contributed by atoms with Gasteiger partial charge < -0.3 is 10.5 Å². The summed E-state index contributed by atoms with van der Waals surface area (Å²) in [6.45, 7) is 7.55. The molecule has 0 saturated heterocycles. The van der Waals surface area contributed by atoms with Gasteiger partial charge in [0, 0.05) is 11.6 Å². The van der Waals surface area contributed by atoms with Crippen LogP contribution in [0, 0.1) is 0 Å². The minimum Gasteiger partial charge on any atom is -0.448 e. The standard InChI is InChI=1S/C14H21N3O3/c1-8(12(15)18)20-13(19)10-7-11(9-5-6-9)17(16-10)14(2,3)4/h7-9H,5-6H2,1-4H3,(H2,15,18)/t8-/m0/s1. The number of hydrogen-bond acceptors (Lipinski definition) is 4. The molecular formula is C14H21N3O3. The highest BCUT2D eigenvalue weighted by Crippen LogP contribution is 2.41. The molecule has 0 bridgehead atoms. The number of hydrogen-bond donors (Lipinski definition) is 1. The molecule has 20 heavy (non-hydrogen) atoms. The van der Waals surface area contributed by atoms with Crippen LogP contribution in [0.2, 0.25) is 0 Å². The van der Waals surface area contributed by atoms with E-state index in [1.165, 1.54) is 6.92 Å². The van der Waals surface area contributed by atoms with Crippen molar-refractivity contribution in [1.82, 2.24) is 9.78 Å². The van der Waals surface area contributed by atoms with Crippen LogP contribution in [-0.2, 0) is 15.1 Å². The monoisotopic (exact) mass is 279 g/mol. The molecule has 6 heteroatoms. The second kappa shape index (κ2) is 4.92. The van der Waals surface area contributed by atoms with E-state index in [0.29, 0.717) is 5.92 Å². The van der Waals surface area contributed by atoms with Crippen LogP contribution in [-0.4, -0.2) is 27.8 Å². The van der Waals surface area contributed by atoms with Crippen LogP contribution in [0.15, 0.2) is 6.07 Å². The van der Waals surface area contributed by atoms with Crippen LogP contribution in [0.3, 0.4) is 0 Å². The molecule has 1 aliphatic rings. The largest absolute Gasteiger partial charge is 0.448 e. The minimum absolute atomic E-state index is 0.203. The summed E-state index contributed by atoms with van der Waals surface area (Å²) in [5.41, 5.74) is 6.16. The Kier molecular flexibility index (Phi) is 3.58. The van der Waals surface area contributed by atoms with Gasteiger partial charge in [-0.25, -0.2) is 4.79 Å². The maximum Gasteiger partial charge on any atom is 0.359 e. The minimum atomic E-state index is -0.952. The van der Waals surface area contributed by atoms with Gasteiger partial charge in [-0.05, 0) is 46.6 Å². The van der Waals surface area contributed by atoms with Gasteiger partial charge in [0.25, 0.3) is 5.91 Å². The molecule has 0 aromatic carbocycles. The number of aromatic nitrogens is 2. The average Bonchev–Trinajstić information content (AvgIpc) is 3.05. The molecule has 1 aliphatic carbocycles. The molecule has 1 aromatic rings. The van der Waals surface area contributed by atoms with Crippen LogP contribution in [0.4, 0.5) is 0 Å². The zero-order valence-corrected chi connectivity index (χ0v) is 12.3. The molecule has 0 aliphatic heterocycles. The summed E-state index contributed by atoms with van der Waals surface area (Å²) in [7, 11) is 0. The first-order valence-electron chi connectivity index (χ1n) is 6.81. The van der Waals surface area contributed by atoms with E-state index < -0.39 is 18.0 Å². The van der Waals surface area contributed by atoms with Crippen molar-refractivity contribution in [1.29, 1.82) is 0 Å². The van der Waals surface area contributed by atoms with Gasteiger partial charge in [0.1, 0.15) is 0 Å². The molecule has 0 unspecified atom stereocenters. The third kappa shape index (κ3) is 3.00. The summed E-state index contributed by atoms with van der Waals surface area (Å²) < 4.78 is 6.86. The maximum atomic E-state index is 12.0. The molecule has 0 spiro atoms.